The normalized spacial score (nSPS) is 18.1. The molecule has 0 spiro atoms. The Bertz CT molecular complexity index is 1410. The van der Waals surface area contributed by atoms with E-state index in [4.69, 9.17) is 28.8 Å². The van der Waals surface area contributed by atoms with E-state index in [1.54, 1.807) is 30.3 Å². The predicted octanol–water partition coefficient (Wildman–Crippen LogP) is 5.40. The van der Waals surface area contributed by atoms with Gasteiger partial charge in [0, 0.05) is 5.56 Å². The maximum absolute atomic E-state index is 13.8. The number of benzene rings is 3. The van der Waals surface area contributed by atoms with Gasteiger partial charge in [0.05, 0.1) is 9.92 Å². The predicted molar refractivity (Wildman–Crippen MR) is 137 cm³/mol. The smallest absolute Gasteiger partial charge is 0.229 e. The highest BCUT2D eigenvalue weighted by molar-refractivity contribution is 8.27. The van der Waals surface area contributed by atoms with Crippen molar-refractivity contribution < 1.29 is 8.42 Å². The number of fused-ring (bicyclic) bond motifs is 1. The summed E-state index contributed by atoms with van der Waals surface area (Å²) in [6.07, 6.45) is -0.857. The van der Waals surface area contributed by atoms with E-state index in [2.05, 4.69) is 5.10 Å². The molecule has 10 heteroatoms. The molecule has 0 aromatic heterocycles. The summed E-state index contributed by atoms with van der Waals surface area (Å²) in [6.45, 7) is 1.90. The number of nitrogens with zero attached hydrogens (tertiary/aromatic N) is 4. The van der Waals surface area contributed by atoms with Crippen LogP contribution in [0.2, 0.25) is 5.02 Å². The lowest BCUT2D eigenvalue weighted by molar-refractivity contribution is 0.399. The zero-order valence-electron chi connectivity index (χ0n) is 17.3. The van der Waals surface area contributed by atoms with Crippen LogP contribution in [0.15, 0.2) is 93.9 Å². The molecular weight excluding hydrogens is 496 g/mol. The van der Waals surface area contributed by atoms with E-state index < -0.39 is 16.2 Å². The third-order valence-corrected chi connectivity index (χ3v) is 8.69. The highest BCUT2D eigenvalue weighted by atomic mass is 35.5. The molecule has 166 valence electrons. The molecule has 1 atom stereocenters. The van der Waals surface area contributed by atoms with Crippen molar-refractivity contribution in [3.63, 3.8) is 0 Å². The van der Waals surface area contributed by atoms with Gasteiger partial charge in [0.2, 0.25) is 5.11 Å². The summed E-state index contributed by atoms with van der Waals surface area (Å²) in [7, 11) is -4.02. The molecule has 1 unspecified atom stereocenters. The van der Waals surface area contributed by atoms with Gasteiger partial charge in [-0.1, -0.05) is 77.8 Å². The van der Waals surface area contributed by atoms with E-state index in [9.17, 15) is 8.42 Å². The summed E-state index contributed by atoms with van der Waals surface area (Å²) in [4.78, 5) is 4.90. The van der Waals surface area contributed by atoms with Gasteiger partial charge < -0.3 is 0 Å². The number of aliphatic imine (C=N–C) groups is 1. The lowest BCUT2D eigenvalue weighted by atomic mass is 10.2. The molecule has 0 fully saturated rings. The molecule has 3 aromatic rings. The monoisotopic (exact) mass is 512 g/mol. The third-order valence-electron chi connectivity index (χ3n) is 5.16. The van der Waals surface area contributed by atoms with E-state index >= 15 is 0 Å². The van der Waals surface area contributed by atoms with Gasteiger partial charge in [-0.15, -0.1) is 0 Å². The van der Waals surface area contributed by atoms with Crippen molar-refractivity contribution in [2.24, 2.45) is 10.1 Å². The Balaban J connectivity index is 1.63. The van der Waals surface area contributed by atoms with Gasteiger partial charge in [0.25, 0.3) is 10.0 Å². The van der Waals surface area contributed by atoms with Crippen LogP contribution >= 0.6 is 35.6 Å². The largest absolute Gasteiger partial charge is 0.268 e. The molecule has 0 aliphatic carbocycles. The Morgan fingerprint density at radius 1 is 0.970 bits per heavy atom. The summed E-state index contributed by atoms with van der Waals surface area (Å²) in [6, 6.07) is 23.2. The number of aryl methyl sites for hydroxylation is 1. The van der Waals surface area contributed by atoms with Crippen molar-refractivity contribution in [1.29, 1.82) is 0 Å². The molecule has 2 heterocycles. The fourth-order valence-corrected chi connectivity index (χ4v) is 6.71. The lowest BCUT2D eigenvalue weighted by Crippen LogP contribution is -2.49. The van der Waals surface area contributed by atoms with E-state index in [0.717, 1.165) is 15.4 Å². The fourth-order valence-electron chi connectivity index (χ4n) is 3.48. The molecule has 0 N–H and O–H groups in total. The standard InChI is InChI=1S/C23H17ClN4O2S3/c1-15-11-13-17(14-12-15)33(29,30)28-20(16-7-3-2-4-8-16)25-22-27(23(28)31)26-21(32-22)18-9-5-6-10-19(18)24/h2-14,20H,1H3. The first-order valence-electron chi connectivity index (χ1n) is 9.95. The second-order valence-electron chi connectivity index (χ2n) is 7.39. The SMILES string of the molecule is Cc1ccc(S(=O)(=O)N2C(=S)N3N=C(c4ccccc4Cl)SC3=NC2c2ccccc2)cc1. The number of thioether (sulfide) groups is 1. The molecule has 2 aliphatic heterocycles. The molecule has 6 nitrogen and oxygen atoms in total. The Hall–Kier alpha value is -2.72. The van der Waals surface area contributed by atoms with Crippen molar-refractivity contribution in [3.8, 4) is 0 Å². The maximum atomic E-state index is 13.8. The van der Waals surface area contributed by atoms with Crippen LogP contribution in [-0.4, -0.2) is 33.1 Å². The van der Waals surface area contributed by atoms with E-state index in [1.807, 2.05) is 55.5 Å². The Morgan fingerprint density at radius 2 is 1.64 bits per heavy atom. The summed E-state index contributed by atoms with van der Waals surface area (Å²) >= 11 is 13.4. The van der Waals surface area contributed by atoms with E-state index in [0.29, 0.717) is 20.8 Å². The van der Waals surface area contributed by atoms with Gasteiger partial charge in [0.1, 0.15) is 5.04 Å². The van der Waals surface area contributed by atoms with Gasteiger partial charge in [-0.25, -0.2) is 17.7 Å². The molecule has 0 amide bonds. The van der Waals surface area contributed by atoms with Gasteiger partial charge in [-0.3, -0.25) is 0 Å². The molecule has 0 saturated carbocycles. The number of hydrazone groups is 1. The highest BCUT2D eigenvalue weighted by Gasteiger charge is 2.44. The third kappa shape index (κ3) is 3.95. The fraction of sp³-hybridized carbons (Fsp3) is 0.0870. The number of halogens is 1. The first-order valence-corrected chi connectivity index (χ1v) is 13.0. The van der Waals surface area contributed by atoms with Crippen LogP contribution in [0.5, 0.6) is 0 Å². The van der Waals surface area contributed by atoms with Crippen molar-refractivity contribution in [3.05, 3.63) is 101 Å². The minimum absolute atomic E-state index is 0.0315. The minimum Gasteiger partial charge on any atom is -0.229 e. The van der Waals surface area contributed by atoms with Crippen LogP contribution < -0.4 is 0 Å². The van der Waals surface area contributed by atoms with Gasteiger partial charge >= 0.3 is 0 Å². The van der Waals surface area contributed by atoms with Crippen LogP contribution in [0.1, 0.15) is 22.9 Å². The first-order chi connectivity index (χ1) is 15.9. The molecular formula is C23H17ClN4O2S3. The first kappa shape index (κ1) is 22.1. The summed E-state index contributed by atoms with van der Waals surface area (Å²) in [5.41, 5.74) is 2.39. The number of sulfonamides is 1. The molecule has 0 radical (unpaired) electrons. The van der Waals surface area contributed by atoms with Crippen LogP contribution in [0.4, 0.5) is 0 Å². The van der Waals surface area contributed by atoms with Crippen molar-refractivity contribution >= 4 is 60.9 Å². The molecule has 5 rings (SSSR count). The zero-order valence-corrected chi connectivity index (χ0v) is 20.5. The molecule has 2 aliphatic rings. The number of rotatable bonds is 4. The lowest BCUT2D eigenvalue weighted by Gasteiger charge is -2.36. The quantitative estimate of drug-likeness (QED) is 0.438. The Labute approximate surface area is 206 Å². The summed E-state index contributed by atoms with van der Waals surface area (Å²) in [5, 5.41) is 7.64. The van der Waals surface area contributed by atoms with E-state index in [1.165, 1.54) is 16.8 Å². The number of thiocarbonyl (C=S) groups is 1. The average Bonchev–Trinajstić information content (AvgIpc) is 3.24. The summed E-state index contributed by atoms with van der Waals surface area (Å²) in [5.74, 6) is 0. The molecule has 0 bridgehead atoms. The van der Waals surface area contributed by atoms with Crippen molar-refractivity contribution in [2.75, 3.05) is 0 Å². The minimum atomic E-state index is -4.02. The number of amidine groups is 1. The second-order valence-corrected chi connectivity index (χ2v) is 10.9. The maximum Gasteiger partial charge on any atom is 0.268 e. The van der Waals surface area contributed by atoms with Crippen LogP contribution in [0.25, 0.3) is 0 Å². The summed E-state index contributed by atoms with van der Waals surface area (Å²) < 4.78 is 28.7. The Kier molecular flexibility index (Phi) is 5.74. The van der Waals surface area contributed by atoms with Gasteiger partial charge in [-0.05, 0) is 54.7 Å². The van der Waals surface area contributed by atoms with Crippen molar-refractivity contribution in [1.82, 2.24) is 9.31 Å². The number of hydrogen-bond donors (Lipinski definition) is 0. The molecule has 3 aromatic carbocycles. The van der Waals surface area contributed by atoms with Crippen LogP contribution in [0.3, 0.4) is 0 Å². The number of hydrogen-bond acceptors (Lipinski definition) is 6. The average molecular weight is 513 g/mol. The van der Waals surface area contributed by atoms with E-state index in [-0.39, 0.29) is 10.0 Å². The van der Waals surface area contributed by atoms with Gasteiger partial charge in [-0.2, -0.15) is 10.1 Å². The van der Waals surface area contributed by atoms with Crippen LogP contribution in [0, 0.1) is 6.92 Å². The highest BCUT2D eigenvalue weighted by Crippen LogP contribution is 2.39. The molecule has 33 heavy (non-hydrogen) atoms. The van der Waals surface area contributed by atoms with Gasteiger partial charge in [0.15, 0.2) is 11.3 Å². The molecule has 0 saturated heterocycles. The topological polar surface area (TPSA) is 65.3 Å². The zero-order chi connectivity index (χ0) is 23.2. The Morgan fingerprint density at radius 3 is 2.33 bits per heavy atom. The van der Waals surface area contributed by atoms with Crippen molar-refractivity contribution in [2.45, 2.75) is 18.0 Å². The second kappa shape index (κ2) is 8.57. The van der Waals surface area contributed by atoms with Crippen LogP contribution in [-0.2, 0) is 10.0 Å².